The Bertz CT molecular complexity index is 1180. The third kappa shape index (κ3) is 4.75. The second-order valence-electron chi connectivity index (χ2n) is 6.82. The van der Waals surface area contributed by atoms with E-state index in [1.165, 1.54) is 6.08 Å². The van der Waals surface area contributed by atoms with Crippen LogP contribution in [-0.4, -0.2) is 10.9 Å². The monoisotopic (exact) mass is 458 g/mol. The van der Waals surface area contributed by atoms with E-state index in [1.807, 2.05) is 54.6 Å². The van der Waals surface area contributed by atoms with E-state index in [-0.39, 0.29) is 5.91 Å². The van der Waals surface area contributed by atoms with E-state index in [0.29, 0.717) is 5.89 Å². The van der Waals surface area contributed by atoms with E-state index < -0.39 is 0 Å². The van der Waals surface area contributed by atoms with Crippen molar-refractivity contribution in [3.05, 3.63) is 101 Å². The number of aromatic nitrogens is 1. The molecule has 4 rings (SSSR count). The summed E-state index contributed by atoms with van der Waals surface area (Å²) < 4.78 is 6.41. The summed E-state index contributed by atoms with van der Waals surface area (Å²) in [5.41, 5.74) is 5.94. The molecule has 0 saturated heterocycles. The van der Waals surface area contributed by atoms with Crippen LogP contribution in [-0.2, 0) is 4.79 Å². The third-order valence-electron chi connectivity index (χ3n) is 4.68. The van der Waals surface area contributed by atoms with E-state index in [2.05, 4.69) is 45.3 Å². The normalized spacial score (nSPS) is 11.0. The lowest BCUT2D eigenvalue weighted by Crippen LogP contribution is -2.07. The van der Waals surface area contributed by atoms with Gasteiger partial charge in [-0.2, -0.15) is 0 Å². The second kappa shape index (κ2) is 8.93. The molecule has 3 aromatic carbocycles. The van der Waals surface area contributed by atoms with Crippen molar-refractivity contribution in [3.8, 4) is 22.6 Å². The van der Waals surface area contributed by atoms with Gasteiger partial charge in [0.25, 0.3) is 0 Å². The van der Waals surface area contributed by atoms with Crippen LogP contribution < -0.4 is 5.32 Å². The number of hydrogen-bond acceptors (Lipinski definition) is 3. The number of carbonyl (C=O) groups excluding carboxylic acids is 1. The smallest absolute Gasteiger partial charge is 0.248 e. The zero-order valence-corrected chi connectivity index (χ0v) is 17.9. The number of nitrogens with zero attached hydrogens (tertiary/aromatic N) is 1. The number of rotatable bonds is 5. The van der Waals surface area contributed by atoms with Crippen molar-refractivity contribution in [3.63, 3.8) is 0 Å². The van der Waals surface area contributed by atoms with Gasteiger partial charge in [0.2, 0.25) is 11.8 Å². The van der Waals surface area contributed by atoms with Crippen LogP contribution in [0.3, 0.4) is 0 Å². The van der Waals surface area contributed by atoms with Crippen LogP contribution in [0.4, 0.5) is 5.69 Å². The molecule has 0 atom stereocenters. The summed E-state index contributed by atoms with van der Waals surface area (Å²) in [6.07, 6.45) is 6.52. The summed E-state index contributed by atoms with van der Waals surface area (Å²) in [6, 6.07) is 21.7. The fourth-order valence-electron chi connectivity index (χ4n) is 3.09. The predicted octanol–water partition coefficient (Wildman–Crippen LogP) is 6.73. The number of anilines is 1. The van der Waals surface area contributed by atoms with Crippen LogP contribution in [0, 0.1) is 6.92 Å². The maximum absolute atomic E-state index is 12.2. The van der Waals surface area contributed by atoms with Crippen molar-refractivity contribution in [2.75, 3.05) is 5.32 Å². The maximum atomic E-state index is 12.2. The van der Waals surface area contributed by atoms with E-state index in [4.69, 9.17) is 4.42 Å². The Balaban J connectivity index is 1.47. The third-order valence-corrected chi connectivity index (χ3v) is 5.21. The zero-order valence-electron chi connectivity index (χ0n) is 16.3. The lowest BCUT2D eigenvalue weighted by molar-refractivity contribution is -0.111. The Morgan fingerprint density at radius 3 is 2.43 bits per heavy atom. The van der Waals surface area contributed by atoms with Gasteiger partial charge in [0.1, 0.15) is 6.26 Å². The minimum atomic E-state index is -0.173. The number of benzene rings is 3. The number of aryl methyl sites for hydroxylation is 1. The molecule has 0 saturated carbocycles. The molecule has 5 heteroatoms. The molecule has 148 valence electrons. The molecule has 0 spiro atoms. The average molecular weight is 459 g/mol. The SMILES string of the molecule is Cc1ccc(-c2ncco2)cc1-c1ccc(NC(=O)/C=C/c2ccc(Br)cc2)cc1. The molecule has 0 fully saturated rings. The highest BCUT2D eigenvalue weighted by Crippen LogP contribution is 2.29. The van der Waals surface area contributed by atoms with Gasteiger partial charge < -0.3 is 9.73 Å². The average Bonchev–Trinajstić information content (AvgIpc) is 3.29. The molecule has 1 heterocycles. The maximum Gasteiger partial charge on any atom is 0.248 e. The molecule has 0 unspecified atom stereocenters. The van der Waals surface area contributed by atoms with Crippen molar-refractivity contribution in [1.82, 2.24) is 4.98 Å². The Hall–Kier alpha value is -3.44. The molecular weight excluding hydrogens is 440 g/mol. The quantitative estimate of drug-likeness (QED) is 0.337. The largest absolute Gasteiger partial charge is 0.445 e. The van der Waals surface area contributed by atoms with Gasteiger partial charge in [-0.25, -0.2) is 4.98 Å². The lowest BCUT2D eigenvalue weighted by Gasteiger charge is -2.09. The van der Waals surface area contributed by atoms with Gasteiger partial charge in [0.15, 0.2) is 0 Å². The summed E-state index contributed by atoms with van der Waals surface area (Å²) >= 11 is 3.40. The minimum Gasteiger partial charge on any atom is -0.445 e. The van der Waals surface area contributed by atoms with Gasteiger partial charge in [0.05, 0.1) is 6.20 Å². The molecule has 0 bridgehead atoms. The van der Waals surface area contributed by atoms with Crippen LogP contribution in [0.1, 0.15) is 11.1 Å². The number of nitrogens with one attached hydrogen (secondary N) is 1. The van der Waals surface area contributed by atoms with Crippen molar-refractivity contribution < 1.29 is 9.21 Å². The van der Waals surface area contributed by atoms with Crippen LogP contribution >= 0.6 is 15.9 Å². The number of amides is 1. The summed E-state index contributed by atoms with van der Waals surface area (Å²) in [5, 5.41) is 2.89. The zero-order chi connectivity index (χ0) is 20.9. The van der Waals surface area contributed by atoms with Gasteiger partial charge in [0, 0.05) is 21.8 Å². The van der Waals surface area contributed by atoms with E-state index in [0.717, 1.165) is 38.0 Å². The van der Waals surface area contributed by atoms with Gasteiger partial charge in [-0.3, -0.25) is 4.79 Å². The first kappa shape index (κ1) is 19.9. The fraction of sp³-hybridized carbons (Fsp3) is 0.0400. The molecule has 0 radical (unpaired) electrons. The molecule has 0 aliphatic rings. The highest BCUT2D eigenvalue weighted by molar-refractivity contribution is 9.10. The molecule has 30 heavy (non-hydrogen) atoms. The Morgan fingerprint density at radius 1 is 1.00 bits per heavy atom. The first-order valence-electron chi connectivity index (χ1n) is 9.44. The van der Waals surface area contributed by atoms with E-state index >= 15 is 0 Å². The van der Waals surface area contributed by atoms with Crippen molar-refractivity contribution in [2.24, 2.45) is 0 Å². The van der Waals surface area contributed by atoms with E-state index in [1.54, 1.807) is 18.5 Å². The minimum absolute atomic E-state index is 0.173. The highest BCUT2D eigenvalue weighted by atomic mass is 79.9. The lowest BCUT2D eigenvalue weighted by atomic mass is 9.98. The predicted molar refractivity (Wildman–Crippen MR) is 124 cm³/mol. The van der Waals surface area contributed by atoms with E-state index in [9.17, 15) is 4.79 Å². The molecule has 0 aliphatic heterocycles. The van der Waals surface area contributed by atoms with Gasteiger partial charge in [-0.05, 0) is 71.7 Å². The molecule has 0 aliphatic carbocycles. The molecule has 1 N–H and O–H groups in total. The number of hydrogen-bond donors (Lipinski definition) is 1. The topological polar surface area (TPSA) is 55.1 Å². The summed E-state index contributed by atoms with van der Waals surface area (Å²) in [5.74, 6) is 0.422. The Morgan fingerprint density at radius 2 is 1.73 bits per heavy atom. The molecule has 1 aromatic heterocycles. The standard InChI is InChI=1S/C25H19BrN2O2/c1-17-2-6-20(25-27-14-15-30-25)16-23(17)19-7-11-22(12-8-19)28-24(29)13-5-18-3-9-21(26)10-4-18/h2-16H,1H3,(H,28,29)/b13-5+. The Labute approximate surface area is 183 Å². The van der Waals surface area contributed by atoms with Crippen LogP contribution in [0.15, 0.2) is 94.2 Å². The van der Waals surface area contributed by atoms with Crippen molar-refractivity contribution >= 4 is 33.6 Å². The molecule has 1 amide bonds. The number of halogens is 1. The molecule has 4 nitrogen and oxygen atoms in total. The molecule has 4 aromatic rings. The summed E-state index contributed by atoms with van der Waals surface area (Å²) in [7, 11) is 0. The van der Waals surface area contributed by atoms with Crippen LogP contribution in [0.25, 0.3) is 28.7 Å². The highest BCUT2D eigenvalue weighted by Gasteiger charge is 2.08. The Kier molecular flexibility index (Phi) is 5.91. The fourth-order valence-corrected chi connectivity index (χ4v) is 3.36. The van der Waals surface area contributed by atoms with Gasteiger partial charge >= 0.3 is 0 Å². The second-order valence-corrected chi connectivity index (χ2v) is 7.73. The first-order valence-corrected chi connectivity index (χ1v) is 10.2. The van der Waals surface area contributed by atoms with Crippen molar-refractivity contribution in [2.45, 2.75) is 6.92 Å². The van der Waals surface area contributed by atoms with Gasteiger partial charge in [-0.15, -0.1) is 0 Å². The number of oxazole rings is 1. The molecular formula is C25H19BrN2O2. The summed E-state index contributed by atoms with van der Waals surface area (Å²) in [6.45, 7) is 2.07. The van der Waals surface area contributed by atoms with Gasteiger partial charge in [-0.1, -0.05) is 46.3 Å². The summed E-state index contributed by atoms with van der Waals surface area (Å²) in [4.78, 5) is 16.4. The van der Waals surface area contributed by atoms with Crippen LogP contribution in [0.2, 0.25) is 0 Å². The first-order chi connectivity index (χ1) is 14.6. The number of carbonyl (C=O) groups is 1. The van der Waals surface area contributed by atoms with Crippen LogP contribution in [0.5, 0.6) is 0 Å². The van der Waals surface area contributed by atoms with Crippen molar-refractivity contribution in [1.29, 1.82) is 0 Å².